The fraction of sp³-hybridized carbons (Fsp3) is 0.471. The monoisotopic (exact) mass is 314 g/mol. The average Bonchev–Trinajstić information content (AvgIpc) is 2.95. The number of para-hydroxylation sites is 1. The van der Waals surface area contributed by atoms with Crippen LogP contribution in [0.3, 0.4) is 0 Å². The first-order chi connectivity index (χ1) is 11.1. The van der Waals surface area contributed by atoms with Gasteiger partial charge in [-0.1, -0.05) is 12.1 Å². The van der Waals surface area contributed by atoms with Crippen LogP contribution in [0.1, 0.15) is 19.8 Å². The SMILES string of the molecule is CC1CC(CN)CN1C(=O)CCn1cnc2ccccc2c1=O. The van der Waals surface area contributed by atoms with Crippen LogP contribution in [0.4, 0.5) is 0 Å². The van der Waals surface area contributed by atoms with Crippen LogP contribution < -0.4 is 11.3 Å². The van der Waals surface area contributed by atoms with Gasteiger partial charge in [0, 0.05) is 25.6 Å². The fourth-order valence-electron chi connectivity index (χ4n) is 3.29. The molecule has 1 aliphatic heterocycles. The molecule has 1 amide bonds. The van der Waals surface area contributed by atoms with E-state index in [-0.39, 0.29) is 17.5 Å². The second-order valence-electron chi connectivity index (χ2n) is 6.24. The number of hydrogen-bond donors (Lipinski definition) is 1. The molecular weight excluding hydrogens is 292 g/mol. The van der Waals surface area contributed by atoms with Crippen LogP contribution >= 0.6 is 0 Å². The Morgan fingerprint density at radius 3 is 2.91 bits per heavy atom. The van der Waals surface area contributed by atoms with Gasteiger partial charge in [-0.15, -0.1) is 0 Å². The lowest BCUT2D eigenvalue weighted by molar-refractivity contribution is -0.132. The number of rotatable bonds is 4. The molecule has 2 unspecified atom stereocenters. The number of carbonyl (C=O) groups excluding carboxylic acids is 1. The summed E-state index contributed by atoms with van der Waals surface area (Å²) in [6.45, 7) is 3.74. The number of carbonyl (C=O) groups is 1. The maximum atomic E-state index is 12.4. The smallest absolute Gasteiger partial charge is 0.261 e. The Balaban J connectivity index is 1.70. The van der Waals surface area contributed by atoms with Crippen LogP contribution in [0.25, 0.3) is 10.9 Å². The van der Waals surface area contributed by atoms with Crippen molar-refractivity contribution >= 4 is 16.8 Å². The van der Waals surface area contributed by atoms with Crippen LogP contribution in [0.5, 0.6) is 0 Å². The lowest BCUT2D eigenvalue weighted by Gasteiger charge is -2.21. The highest BCUT2D eigenvalue weighted by Crippen LogP contribution is 2.22. The number of aryl methyl sites for hydroxylation is 1. The minimum Gasteiger partial charge on any atom is -0.340 e. The van der Waals surface area contributed by atoms with Gasteiger partial charge < -0.3 is 10.6 Å². The van der Waals surface area contributed by atoms with E-state index in [2.05, 4.69) is 11.9 Å². The number of likely N-dealkylation sites (tertiary alicyclic amines) is 1. The van der Waals surface area contributed by atoms with E-state index < -0.39 is 0 Å². The predicted octanol–water partition coefficient (Wildman–Crippen LogP) is 0.982. The molecule has 1 aliphatic rings. The summed E-state index contributed by atoms with van der Waals surface area (Å²) >= 11 is 0. The number of aromatic nitrogens is 2. The molecule has 0 bridgehead atoms. The van der Waals surface area contributed by atoms with E-state index in [1.807, 2.05) is 23.1 Å². The van der Waals surface area contributed by atoms with E-state index in [0.29, 0.717) is 36.3 Å². The Hall–Kier alpha value is -2.21. The zero-order valence-corrected chi connectivity index (χ0v) is 13.3. The second-order valence-corrected chi connectivity index (χ2v) is 6.24. The summed E-state index contributed by atoms with van der Waals surface area (Å²) in [7, 11) is 0. The van der Waals surface area contributed by atoms with Gasteiger partial charge in [0.05, 0.1) is 17.2 Å². The molecule has 1 fully saturated rings. The zero-order valence-electron chi connectivity index (χ0n) is 13.3. The third-order valence-electron chi connectivity index (χ3n) is 4.61. The van der Waals surface area contributed by atoms with Crippen LogP contribution in [0.2, 0.25) is 0 Å². The topological polar surface area (TPSA) is 81.2 Å². The molecule has 2 atom stereocenters. The summed E-state index contributed by atoms with van der Waals surface area (Å²) < 4.78 is 1.52. The van der Waals surface area contributed by atoms with Gasteiger partial charge in [-0.2, -0.15) is 0 Å². The minimum absolute atomic E-state index is 0.0773. The van der Waals surface area contributed by atoms with Crippen molar-refractivity contribution in [3.8, 4) is 0 Å². The highest BCUT2D eigenvalue weighted by molar-refractivity contribution is 5.78. The lowest BCUT2D eigenvalue weighted by Crippen LogP contribution is -2.35. The number of fused-ring (bicyclic) bond motifs is 1. The number of hydrogen-bond acceptors (Lipinski definition) is 4. The third-order valence-corrected chi connectivity index (χ3v) is 4.61. The molecule has 0 spiro atoms. The van der Waals surface area contributed by atoms with Crippen molar-refractivity contribution in [2.45, 2.75) is 32.4 Å². The zero-order chi connectivity index (χ0) is 16.4. The standard InChI is InChI=1S/C17H22N4O2/c1-12-8-13(9-18)10-21(12)16(22)6-7-20-11-19-15-5-3-2-4-14(15)17(20)23/h2-5,11-13H,6-10,18H2,1H3. The van der Waals surface area contributed by atoms with Gasteiger partial charge in [-0.25, -0.2) is 4.98 Å². The van der Waals surface area contributed by atoms with Gasteiger partial charge in [0.15, 0.2) is 0 Å². The van der Waals surface area contributed by atoms with Gasteiger partial charge in [0.2, 0.25) is 5.91 Å². The Morgan fingerprint density at radius 2 is 2.17 bits per heavy atom. The van der Waals surface area contributed by atoms with Crippen molar-refractivity contribution in [1.29, 1.82) is 0 Å². The summed E-state index contributed by atoms with van der Waals surface area (Å²) in [5, 5.41) is 0.584. The largest absolute Gasteiger partial charge is 0.340 e. The van der Waals surface area contributed by atoms with Crippen molar-refractivity contribution < 1.29 is 4.79 Å². The van der Waals surface area contributed by atoms with Gasteiger partial charge in [0.25, 0.3) is 5.56 Å². The van der Waals surface area contributed by atoms with Gasteiger partial charge in [0.1, 0.15) is 0 Å². The first kappa shape index (κ1) is 15.7. The highest BCUT2D eigenvalue weighted by atomic mass is 16.2. The summed E-state index contributed by atoms with van der Waals surface area (Å²) in [5.41, 5.74) is 6.28. The number of nitrogens with zero attached hydrogens (tertiary/aromatic N) is 3. The molecule has 2 heterocycles. The van der Waals surface area contributed by atoms with E-state index in [4.69, 9.17) is 5.73 Å². The van der Waals surface area contributed by atoms with Gasteiger partial charge >= 0.3 is 0 Å². The van der Waals surface area contributed by atoms with Crippen LogP contribution in [-0.4, -0.2) is 39.5 Å². The van der Waals surface area contributed by atoms with Crippen molar-refractivity contribution in [2.24, 2.45) is 11.7 Å². The molecular formula is C17H22N4O2. The Kier molecular flexibility index (Phi) is 4.43. The number of benzene rings is 1. The van der Waals surface area contributed by atoms with E-state index in [1.165, 1.54) is 10.9 Å². The molecule has 2 N–H and O–H groups in total. The molecule has 6 heteroatoms. The average molecular weight is 314 g/mol. The minimum atomic E-state index is -0.0993. The third kappa shape index (κ3) is 3.12. The quantitative estimate of drug-likeness (QED) is 0.912. The summed E-state index contributed by atoms with van der Waals surface area (Å²) in [6.07, 6.45) is 2.79. The normalized spacial score (nSPS) is 21.0. The molecule has 0 saturated carbocycles. The van der Waals surface area contributed by atoms with Crippen LogP contribution in [0.15, 0.2) is 35.4 Å². The second kappa shape index (κ2) is 6.50. The van der Waals surface area contributed by atoms with E-state index in [0.717, 1.165) is 13.0 Å². The first-order valence-corrected chi connectivity index (χ1v) is 8.04. The molecule has 1 saturated heterocycles. The summed E-state index contributed by atoms with van der Waals surface area (Å²) in [5.74, 6) is 0.465. The van der Waals surface area contributed by atoms with E-state index >= 15 is 0 Å². The van der Waals surface area contributed by atoms with Crippen LogP contribution in [0, 0.1) is 5.92 Å². The van der Waals surface area contributed by atoms with E-state index in [9.17, 15) is 9.59 Å². The number of amides is 1. The number of nitrogens with two attached hydrogens (primary N) is 1. The molecule has 1 aromatic carbocycles. The van der Waals surface area contributed by atoms with Crippen molar-refractivity contribution in [1.82, 2.24) is 14.5 Å². The fourth-order valence-corrected chi connectivity index (χ4v) is 3.29. The predicted molar refractivity (Wildman–Crippen MR) is 89.0 cm³/mol. The summed E-state index contributed by atoms with van der Waals surface area (Å²) in [4.78, 5) is 31.0. The van der Waals surface area contributed by atoms with Gasteiger partial charge in [-0.3, -0.25) is 14.2 Å². The molecule has 0 radical (unpaired) electrons. The van der Waals surface area contributed by atoms with Crippen molar-refractivity contribution in [3.63, 3.8) is 0 Å². The molecule has 23 heavy (non-hydrogen) atoms. The molecule has 1 aromatic heterocycles. The Morgan fingerprint density at radius 1 is 1.39 bits per heavy atom. The van der Waals surface area contributed by atoms with Crippen molar-refractivity contribution in [3.05, 3.63) is 40.9 Å². The van der Waals surface area contributed by atoms with Gasteiger partial charge in [-0.05, 0) is 37.9 Å². The molecule has 0 aliphatic carbocycles. The van der Waals surface area contributed by atoms with E-state index in [1.54, 1.807) is 6.07 Å². The maximum absolute atomic E-state index is 12.4. The molecule has 122 valence electrons. The van der Waals surface area contributed by atoms with Crippen molar-refractivity contribution in [2.75, 3.05) is 13.1 Å². The molecule has 6 nitrogen and oxygen atoms in total. The van der Waals surface area contributed by atoms with Crippen LogP contribution in [-0.2, 0) is 11.3 Å². The first-order valence-electron chi connectivity index (χ1n) is 8.04. The Bertz CT molecular complexity index is 771. The lowest BCUT2D eigenvalue weighted by atomic mass is 10.1. The Labute approximate surface area is 134 Å². The maximum Gasteiger partial charge on any atom is 0.261 e. The molecule has 3 rings (SSSR count). The summed E-state index contributed by atoms with van der Waals surface area (Å²) in [6, 6.07) is 7.47. The molecule has 2 aromatic rings. The highest BCUT2D eigenvalue weighted by Gasteiger charge is 2.31.